The molecule has 2 rings (SSSR count). The van der Waals surface area contributed by atoms with Crippen molar-refractivity contribution in [3.05, 3.63) is 29.1 Å². The van der Waals surface area contributed by atoms with Crippen LogP contribution in [0.25, 0.3) is 11.3 Å². The van der Waals surface area contributed by atoms with Crippen LogP contribution >= 0.6 is 11.3 Å². The van der Waals surface area contributed by atoms with E-state index in [1.165, 1.54) is 17.0 Å². The Morgan fingerprint density at radius 2 is 2.06 bits per heavy atom. The van der Waals surface area contributed by atoms with E-state index in [4.69, 9.17) is 5.73 Å². The lowest BCUT2D eigenvalue weighted by atomic mass is 10.1. The molecular weight excluding hydrogens is 218 g/mol. The summed E-state index contributed by atoms with van der Waals surface area (Å²) in [6.45, 7) is 2.05. The van der Waals surface area contributed by atoms with Crippen LogP contribution in [0.4, 0.5) is 10.8 Å². The minimum Gasteiger partial charge on any atom is -0.378 e. The first-order valence-corrected chi connectivity index (χ1v) is 5.90. The Balaban J connectivity index is 2.48. The molecule has 0 spiro atoms. The molecule has 2 aromatic rings. The highest BCUT2D eigenvalue weighted by Crippen LogP contribution is 2.30. The lowest BCUT2D eigenvalue weighted by molar-refractivity contribution is 1.13. The summed E-state index contributed by atoms with van der Waals surface area (Å²) >= 11 is 1.53. The van der Waals surface area contributed by atoms with Crippen LogP contribution in [0.5, 0.6) is 0 Å². The molecule has 2 N–H and O–H groups in total. The van der Waals surface area contributed by atoms with Gasteiger partial charge in [0.15, 0.2) is 5.13 Å². The van der Waals surface area contributed by atoms with Crippen molar-refractivity contribution in [3.8, 4) is 11.3 Å². The van der Waals surface area contributed by atoms with Crippen molar-refractivity contribution in [2.24, 2.45) is 0 Å². The Labute approximate surface area is 99.5 Å². The Morgan fingerprint density at radius 3 is 2.62 bits per heavy atom. The Kier molecular flexibility index (Phi) is 2.83. The van der Waals surface area contributed by atoms with Gasteiger partial charge in [-0.1, -0.05) is 12.1 Å². The predicted molar refractivity (Wildman–Crippen MR) is 71.0 cm³/mol. The van der Waals surface area contributed by atoms with Crippen LogP contribution in [0, 0.1) is 6.92 Å². The number of aryl methyl sites for hydroxylation is 1. The summed E-state index contributed by atoms with van der Waals surface area (Å²) in [4.78, 5) is 7.60. The molecule has 1 heterocycles. The van der Waals surface area contributed by atoms with Crippen molar-refractivity contribution < 1.29 is 0 Å². The standard InChI is InChI=1S/C12H15N3S/c1-8-11(14-12(13)16-8)9-5-4-6-10(7-9)15(2)3/h4-7H,1-3H3,(H2,13,14). The molecule has 16 heavy (non-hydrogen) atoms. The van der Waals surface area contributed by atoms with E-state index in [0.29, 0.717) is 5.13 Å². The fraction of sp³-hybridized carbons (Fsp3) is 0.250. The van der Waals surface area contributed by atoms with Crippen molar-refractivity contribution in [1.82, 2.24) is 4.98 Å². The smallest absolute Gasteiger partial charge is 0.180 e. The third-order valence-electron chi connectivity index (χ3n) is 2.45. The second kappa shape index (κ2) is 4.14. The van der Waals surface area contributed by atoms with Crippen molar-refractivity contribution >= 4 is 22.2 Å². The molecule has 0 unspecified atom stereocenters. The summed E-state index contributed by atoms with van der Waals surface area (Å²) < 4.78 is 0. The third-order valence-corrected chi connectivity index (χ3v) is 3.25. The van der Waals surface area contributed by atoms with E-state index >= 15 is 0 Å². The first-order chi connectivity index (χ1) is 7.58. The molecule has 0 aliphatic carbocycles. The molecule has 0 aliphatic heterocycles. The molecule has 4 heteroatoms. The number of nitrogen functional groups attached to an aromatic ring is 1. The molecule has 1 aromatic carbocycles. The number of benzene rings is 1. The monoisotopic (exact) mass is 233 g/mol. The van der Waals surface area contributed by atoms with Crippen LogP contribution in [0.3, 0.4) is 0 Å². The molecule has 0 saturated heterocycles. The largest absolute Gasteiger partial charge is 0.378 e. The second-order valence-corrected chi connectivity index (χ2v) is 5.14. The van der Waals surface area contributed by atoms with Gasteiger partial charge in [0.2, 0.25) is 0 Å². The number of nitrogens with zero attached hydrogens (tertiary/aromatic N) is 2. The summed E-state index contributed by atoms with van der Waals surface area (Å²) in [5.41, 5.74) is 9.00. The van der Waals surface area contributed by atoms with Gasteiger partial charge in [0.25, 0.3) is 0 Å². The van der Waals surface area contributed by atoms with Crippen LogP contribution in [-0.2, 0) is 0 Å². The van der Waals surface area contributed by atoms with Gasteiger partial charge in [-0.15, -0.1) is 11.3 Å². The Bertz CT molecular complexity index is 503. The van der Waals surface area contributed by atoms with Crippen molar-refractivity contribution in [2.75, 3.05) is 24.7 Å². The maximum atomic E-state index is 5.71. The number of nitrogens with two attached hydrogens (primary N) is 1. The number of aromatic nitrogens is 1. The number of hydrogen-bond acceptors (Lipinski definition) is 4. The first kappa shape index (κ1) is 11.0. The summed E-state index contributed by atoms with van der Waals surface area (Å²) in [7, 11) is 4.06. The first-order valence-electron chi connectivity index (χ1n) is 5.08. The molecule has 84 valence electrons. The fourth-order valence-corrected chi connectivity index (χ4v) is 2.33. The van der Waals surface area contributed by atoms with Gasteiger partial charge in [0.05, 0.1) is 5.69 Å². The lowest BCUT2D eigenvalue weighted by Gasteiger charge is -2.13. The highest BCUT2D eigenvalue weighted by molar-refractivity contribution is 7.15. The van der Waals surface area contributed by atoms with Crippen LogP contribution in [0.2, 0.25) is 0 Å². The topological polar surface area (TPSA) is 42.1 Å². The van der Waals surface area contributed by atoms with Crippen LogP contribution in [0.15, 0.2) is 24.3 Å². The molecule has 0 aliphatic rings. The van der Waals surface area contributed by atoms with E-state index in [2.05, 4.69) is 28.1 Å². The van der Waals surface area contributed by atoms with E-state index < -0.39 is 0 Å². The minimum absolute atomic E-state index is 0.628. The SMILES string of the molecule is Cc1sc(N)nc1-c1cccc(N(C)C)c1. The number of anilines is 2. The van der Waals surface area contributed by atoms with E-state index in [-0.39, 0.29) is 0 Å². The van der Waals surface area contributed by atoms with Gasteiger partial charge in [-0.2, -0.15) is 0 Å². The molecule has 0 radical (unpaired) electrons. The van der Waals surface area contributed by atoms with Gasteiger partial charge in [0, 0.05) is 30.2 Å². The van der Waals surface area contributed by atoms with Crippen molar-refractivity contribution in [1.29, 1.82) is 0 Å². The van der Waals surface area contributed by atoms with E-state index in [9.17, 15) is 0 Å². The molecule has 3 nitrogen and oxygen atoms in total. The molecule has 0 saturated carbocycles. The number of rotatable bonds is 2. The summed E-state index contributed by atoms with van der Waals surface area (Å²) in [6.07, 6.45) is 0. The predicted octanol–water partition coefficient (Wildman–Crippen LogP) is 2.77. The molecule has 0 fully saturated rings. The quantitative estimate of drug-likeness (QED) is 0.867. The average Bonchev–Trinajstić information content (AvgIpc) is 2.58. The zero-order chi connectivity index (χ0) is 11.7. The molecule has 0 amide bonds. The lowest BCUT2D eigenvalue weighted by Crippen LogP contribution is -2.08. The van der Waals surface area contributed by atoms with Crippen LogP contribution in [-0.4, -0.2) is 19.1 Å². The van der Waals surface area contributed by atoms with E-state index in [0.717, 1.165) is 16.1 Å². The Hall–Kier alpha value is -1.55. The van der Waals surface area contributed by atoms with Crippen molar-refractivity contribution in [2.45, 2.75) is 6.92 Å². The maximum absolute atomic E-state index is 5.71. The van der Waals surface area contributed by atoms with Crippen molar-refractivity contribution in [3.63, 3.8) is 0 Å². The normalized spacial score (nSPS) is 10.4. The van der Waals surface area contributed by atoms with Gasteiger partial charge in [-0.3, -0.25) is 0 Å². The maximum Gasteiger partial charge on any atom is 0.180 e. The fourth-order valence-electron chi connectivity index (χ4n) is 1.62. The van der Waals surface area contributed by atoms with Gasteiger partial charge in [-0.05, 0) is 19.1 Å². The number of hydrogen-bond donors (Lipinski definition) is 1. The highest BCUT2D eigenvalue weighted by atomic mass is 32.1. The van der Waals surface area contributed by atoms with E-state index in [1.54, 1.807) is 0 Å². The zero-order valence-corrected chi connectivity index (χ0v) is 10.5. The van der Waals surface area contributed by atoms with E-state index in [1.807, 2.05) is 27.1 Å². The minimum atomic E-state index is 0.628. The highest BCUT2D eigenvalue weighted by Gasteiger charge is 2.08. The molecule has 0 bridgehead atoms. The summed E-state index contributed by atoms with van der Waals surface area (Å²) in [5.74, 6) is 0. The van der Waals surface area contributed by atoms with Crippen LogP contribution < -0.4 is 10.6 Å². The summed E-state index contributed by atoms with van der Waals surface area (Å²) in [6, 6.07) is 8.31. The zero-order valence-electron chi connectivity index (χ0n) is 9.69. The molecule has 0 atom stereocenters. The van der Waals surface area contributed by atoms with Crippen LogP contribution in [0.1, 0.15) is 4.88 Å². The third kappa shape index (κ3) is 2.02. The van der Waals surface area contributed by atoms with Gasteiger partial charge < -0.3 is 10.6 Å². The van der Waals surface area contributed by atoms with Gasteiger partial charge in [0.1, 0.15) is 0 Å². The molecule has 1 aromatic heterocycles. The van der Waals surface area contributed by atoms with Gasteiger partial charge >= 0.3 is 0 Å². The Morgan fingerprint density at radius 1 is 1.31 bits per heavy atom. The number of thiazole rings is 1. The molecular formula is C12H15N3S. The summed E-state index contributed by atoms with van der Waals surface area (Å²) in [5, 5.41) is 0.628. The second-order valence-electron chi connectivity index (χ2n) is 3.90. The van der Waals surface area contributed by atoms with Gasteiger partial charge in [-0.25, -0.2) is 4.98 Å². The average molecular weight is 233 g/mol.